The molecule has 0 spiro atoms. The number of amidine groups is 1. The van der Waals surface area contributed by atoms with Crippen molar-refractivity contribution < 1.29 is 4.74 Å². The molecule has 0 aliphatic carbocycles. The van der Waals surface area contributed by atoms with Gasteiger partial charge in [0.1, 0.15) is 0 Å². The summed E-state index contributed by atoms with van der Waals surface area (Å²) in [5.74, 6) is 2.22. The molecule has 1 atom stereocenters. The third-order valence-electron chi connectivity index (χ3n) is 1.07. The number of ether oxygens (including phenoxy) is 1. The Hall–Kier alpha value is -1.08. The molecule has 0 saturated carbocycles. The largest absolute Gasteiger partial charge is 0.460 e. The molecule has 1 N–H and O–H groups in total. The minimum atomic E-state index is -0.121. The molecule has 56 valence electrons. The lowest BCUT2D eigenvalue weighted by Gasteiger charge is -2.08. The number of nitrogens with zero attached hydrogens (tertiary/aromatic N) is 1. The normalized spacial score (nSPS) is 11.4. The van der Waals surface area contributed by atoms with Gasteiger partial charge in [0.05, 0.1) is 6.10 Å². The SMILES string of the molecule is C=C=NC(=N)OC(C)CC. The summed E-state index contributed by atoms with van der Waals surface area (Å²) in [5, 5.41) is 7.03. The highest BCUT2D eigenvalue weighted by Gasteiger charge is 1.99. The Labute approximate surface area is 60.9 Å². The lowest BCUT2D eigenvalue weighted by molar-refractivity contribution is 0.198. The van der Waals surface area contributed by atoms with Crippen LogP contribution in [0.4, 0.5) is 0 Å². The first-order valence-corrected chi connectivity index (χ1v) is 3.18. The highest BCUT2D eigenvalue weighted by Crippen LogP contribution is 1.95. The second kappa shape index (κ2) is 4.77. The zero-order valence-electron chi connectivity index (χ0n) is 6.35. The zero-order chi connectivity index (χ0) is 7.98. The molecule has 0 fully saturated rings. The molecule has 0 amide bonds. The Kier molecular flexibility index (Phi) is 4.25. The smallest absolute Gasteiger partial charge is 0.317 e. The maximum atomic E-state index is 7.03. The van der Waals surface area contributed by atoms with Crippen LogP contribution in [-0.2, 0) is 4.74 Å². The van der Waals surface area contributed by atoms with E-state index < -0.39 is 0 Å². The van der Waals surface area contributed by atoms with E-state index in [1.807, 2.05) is 13.8 Å². The van der Waals surface area contributed by atoms with Gasteiger partial charge in [-0.1, -0.05) is 6.92 Å². The van der Waals surface area contributed by atoms with E-state index in [9.17, 15) is 0 Å². The van der Waals surface area contributed by atoms with Crippen molar-refractivity contribution >= 4 is 11.9 Å². The Morgan fingerprint density at radius 3 is 2.90 bits per heavy atom. The molecule has 0 aromatic heterocycles. The third kappa shape index (κ3) is 3.87. The minimum Gasteiger partial charge on any atom is -0.460 e. The van der Waals surface area contributed by atoms with E-state index in [2.05, 4.69) is 17.4 Å². The molecular weight excluding hydrogens is 128 g/mol. The lowest BCUT2D eigenvalue weighted by Crippen LogP contribution is -2.10. The van der Waals surface area contributed by atoms with Gasteiger partial charge in [0.2, 0.25) is 0 Å². The molecule has 0 rings (SSSR count). The van der Waals surface area contributed by atoms with Crippen molar-refractivity contribution in [3.8, 4) is 0 Å². The van der Waals surface area contributed by atoms with Gasteiger partial charge in [-0.05, 0) is 25.8 Å². The van der Waals surface area contributed by atoms with Crippen LogP contribution >= 0.6 is 0 Å². The predicted molar refractivity (Wildman–Crippen MR) is 41.6 cm³/mol. The first-order valence-electron chi connectivity index (χ1n) is 3.18. The third-order valence-corrected chi connectivity index (χ3v) is 1.07. The van der Waals surface area contributed by atoms with Gasteiger partial charge < -0.3 is 4.74 Å². The van der Waals surface area contributed by atoms with E-state index in [1.54, 1.807) is 0 Å². The molecule has 0 aliphatic rings. The van der Waals surface area contributed by atoms with Crippen LogP contribution in [0.25, 0.3) is 0 Å². The fourth-order valence-electron chi connectivity index (χ4n) is 0.372. The summed E-state index contributed by atoms with van der Waals surface area (Å²) in [4.78, 5) is 3.41. The van der Waals surface area contributed by atoms with Crippen LogP contribution in [0.1, 0.15) is 20.3 Å². The molecule has 0 saturated heterocycles. The average molecular weight is 140 g/mol. The van der Waals surface area contributed by atoms with Gasteiger partial charge in [0.15, 0.2) is 0 Å². The molecule has 3 heteroatoms. The van der Waals surface area contributed by atoms with Gasteiger partial charge in [-0.15, -0.1) is 0 Å². The number of hydrogen-bond donors (Lipinski definition) is 1. The lowest BCUT2D eigenvalue weighted by atomic mass is 10.3. The molecular formula is C7H12N2O. The predicted octanol–water partition coefficient (Wildman–Crippen LogP) is 1.59. The van der Waals surface area contributed by atoms with Gasteiger partial charge in [-0.25, -0.2) is 5.41 Å². The highest BCUT2D eigenvalue weighted by atomic mass is 16.5. The molecule has 0 heterocycles. The van der Waals surface area contributed by atoms with Crippen LogP contribution in [0, 0.1) is 5.41 Å². The zero-order valence-corrected chi connectivity index (χ0v) is 6.35. The number of nitrogens with one attached hydrogen (secondary N) is 1. The van der Waals surface area contributed by atoms with Crippen LogP contribution in [0.3, 0.4) is 0 Å². The summed E-state index contributed by atoms with van der Waals surface area (Å²) < 4.78 is 4.95. The van der Waals surface area contributed by atoms with E-state index in [0.29, 0.717) is 0 Å². The Morgan fingerprint density at radius 1 is 1.90 bits per heavy atom. The second-order valence-electron chi connectivity index (χ2n) is 1.91. The summed E-state index contributed by atoms with van der Waals surface area (Å²) in [6, 6.07) is -0.121. The standard InChI is InChI=1S/C7H12N2O/c1-4-6(3)10-7(8)9-5-2/h6,8H,2,4H2,1,3H3. The van der Waals surface area contributed by atoms with Gasteiger partial charge in [0.25, 0.3) is 0 Å². The Morgan fingerprint density at radius 2 is 2.50 bits per heavy atom. The Balaban J connectivity index is 3.67. The summed E-state index contributed by atoms with van der Waals surface area (Å²) >= 11 is 0. The Bertz CT molecular complexity index is 159. The fourth-order valence-corrected chi connectivity index (χ4v) is 0.372. The van der Waals surface area contributed by atoms with E-state index in [1.165, 1.54) is 0 Å². The summed E-state index contributed by atoms with van der Waals surface area (Å²) in [5.41, 5.74) is 0. The number of rotatable bonds is 2. The van der Waals surface area contributed by atoms with Crippen molar-refractivity contribution in [2.75, 3.05) is 0 Å². The fraction of sp³-hybridized carbons (Fsp3) is 0.571. The van der Waals surface area contributed by atoms with E-state index in [0.717, 1.165) is 6.42 Å². The van der Waals surface area contributed by atoms with Crippen molar-refractivity contribution in [2.24, 2.45) is 4.99 Å². The molecule has 0 aliphatic heterocycles. The van der Waals surface area contributed by atoms with Crippen LogP contribution in [-0.4, -0.2) is 18.0 Å². The van der Waals surface area contributed by atoms with Crippen molar-refractivity contribution in [3.05, 3.63) is 6.58 Å². The quantitative estimate of drug-likeness (QED) is 0.459. The van der Waals surface area contributed by atoms with Gasteiger partial charge >= 0.3 is 6.02 Å². The van der Waals surface area contributed by atoms with Crippen molar-refractivity contribution in [3.63, 3.8) is 0 Å². The summed E-state index contributed by atoms with van der Waals surface area (Å²) in [6.45, 7) is 7.09. The number of aliphatic imine (C=N–C) groups is 1. The van der Waals surface area contributed by atoms with Crippen LogP contribution in [0.15, 0.2) is 11.6 Å². The van der Waals surface area contributed by atoms with E-state index in [4.69, 9.17) is 10.1 Å². The molecule has 0 aromatic carbocycles. The maximum absolute atomic E-state index is 7.03. The van der Waals surface area contributed by atoms with E-state index >= 15 is 0 Å². The highest BCUT2D eigenvalue weighted by molar-refractivity contribution is 5.78. The topological polar surface area (TPSA) is 45.4 Å². The first-order chi connectivity index (χ1) is 4.70. The van der Waals surface area contributed by atoms with Crippen molar-refractivity contribution in [1.82, 2.24) is 0 Å². The summed E-state index contributed by atoms with van der Waals surface area (Å²) in [6.07, 6.45) is 0.916. The average Bonchev–Trinajstić information content (AvgIpc) is 1.88. The molecule has 1 unspecified atom stereocenters. The minimum absolute atomic E-state index is 0.0459. The van der Waals surface area contributed by atoms with Crippen LogP contribution < -0.4 is 0 Å². The summed E-state index contributed by atoms with van der Waals surface area (Å²) in [7, 11) is 0. The maximum Gasteiger partial charge on any atom is 0.317 e. The molecule has 0 bridgehead atoms. The van der Waals surface area contributed by atoms with Gasteiger partial charge in [-0.3, -0.25) is 0 Å². The molecule has 0 aromatic rings. The number of hydrogen-bond acceptors (Lipinski definition) is 2. The molecule has 0 radical (unpaired) electrons. The van der Waals surface area contributed by atoms with Crippen LogP contribution in [0.5, 0.6) is 0 Å². The van der Waals surface area contributed by atoms with Gasteiger partial charge in [0, 0.05) is 0 Å². The molecule has 10 heavy (non-hydrogen) atoms. The monoisotopic (exact) mass is 140 g/mol. The first kappa shape index (κ1) is 8.92. The van der Waals surface area contributed by atoms with Crippen LogP contribution in [0.2, 0.25) is 0 Å². The van der Waals surface area contributed by atoms with Gasteiger partial charge in [-0.2, -0.15) is 4.99 Å². The van der Waals surface area contributed by atoms with E-state index in [-0.39, 0.29) is 12.1 Å². The van der Waals surface area contributed by atoms with Crippen molar-refractivity contribution in [2.45, 2.75) is 26.4 Å². The molecule has 3 nitrogen and oxygen atoms in total. The second-order valence-corrected chi connectivity index (χ2v) is 1.91. The van der Waals surface area contributed by atoms with Crippen molar-refractivity contribution in [1.29, 1.82) is 5.41 Å².